The Morgan fingerprint density at radius 3 is 2.74 bits per heavy atom. The summed E-state index contributed by atoms with van der Waals surface area (Å²) in [5.74, 6) is 1.58. The van der Waals surface area contributed by atoms with E-state index in [1.807, 2.05) is 37.1 Å². The first-order valence-electron chi connectivity index (χ1n) is 6.13. The summed E-state index contributed by atoms with van der Waals surface area (Å²) in [6.07, 6.45) is 5.05. The van der Waals surface area contributed by atoms with Crippen molar-refractivity contribution in [3.63, 3.8) is 0 Å². The van der Waals surface area contributed by atoms with Gasteiger partial charge in [0.1, 0.15) is 18.0 Å². The Hall–Kier alpha value is -2.21. The predicted molar refractivity (Wildman–Crippen MR) is 76.5 cm³/mol. The molecule has 0 radical (unpaired) electrons. The molecule has 2 aromatic rings. The molecule has 6 nitrogen and oxygen atoms in total. The van der Waals surface area contributed by atoms with Crippen molar-refractivity contribution in [2.75, 3.05) is 23.8 Å². The first kappa shape index (κ1) is 13.2. The molecule has 0 aromatic carbocycles. The van der Waals surface area contributed by atoms with Crippen molar-refractivity contribution >= 4 is 17.3 Å². The quantitative estimate of drug-likeness (QED) is 0.844. The molecule has 0 spiro atoms. The molecule has 2 heterocycles. The first-order valence-corrected chi connectivity index (χ1v) is 6.13. The number of hydrogen-bond acceptors (Lipinski definition) is 6. The maximum Gasteiger partial charge on any atom is 0.138 e. The number of pyridine rings is 1. The molecular weight excluding hydrogens is 240 g/mol. The van der Waals surface area contributed by atoms with Crippen molar-refractivity contribution in [3.05, 3.63) is 36.9 Å². The second-order valence-electron chi connectivity index (χ2n) is 4.31. The minimum atomic E-state index is 0.175. The fourth-order valence-corrected chi connectivity index (χ4v) is 1.62. The lowest BCUT2D eigenvalue weighted by Crippen LogP contribution is -2.25. The topological polar surface area (TPSA) is 80.0 Å². The Balaban J connectivity index is 2.19. The van der Waals surface area contributed by atoms with Gasteiger partial charge in [0.25, 0.3) is 0 Å². The van der Waals surface area contributed by atoms with Gasteiger partial charge in [0, 0.05) is 43.8 Å². The van der Waals surface area contributed by atoms with E-state index in [4.69, 9.17) is 5.73 Å². The van der Waals surface area contributed by atoms with Crippen molar-refractivity contribution in [1.82, 2.24) is 15.0 Å². The molecule has 1 atom stereocenters. The predicted octanol–water partition coefficient (Wildman–Crippen LogP) is 1.40. The minimum Gasteiger partial charge on any atom is -0.366 e. The standard InChI is InChI=1S/C13H18N6/c1-10(8-14)18-12-7-13(17-9-16-12)19(2)11-3-5-15-6-4-11/h3-7,9-10H,8,14H2,1-2H3,(H,16,17,18). The average Bonchev–Trinajstić information content (AvgIpc) is 2.47. The third-order valence-corrected chi connectivity index (χ3v) is 2.79. The molecule has 0 aliphatic rings. The Bertz CT molecular complexity index is 516. The van der Waals surface area contributed by atoms with Crippen LogP contribution in [0.4, 0.5) is 17.3 Å². The van der Waals surface area contributed by atoms with Gasteiger partial charge in [-0.1, -0.05) is 0 Å². The van der Waals surface area contributed by atoms with E-state index >= 15 is 0 Å². The van der Waals surface area contributed by atoms with Gasteiger partial charge in [-0.05, 0) is 19.1 Å². The molecule has 0 amide bonds. The van der Waals surface area contributed by atoms with Crippen molar-refractivity contribution in [3.8, 4) is 0 Å². The smallest absolute Gasteiger partial charge is 0.138 e. The second kappa shape index (κ2) is 6.10. The van der Waals surface area contributed by atoms with Crippen LogP contribution in [0, 0.1) is 0 Å². The molecule has 1 unspecified atom stereocenters. The van der Waals surface area contributed by atoms with Crippen molar-refractivity contribution in [2.24, 2.45) is 5.73 Å². The largest absolute Gasteiger partial charge is 0.366 e. The third-order valence-electron chi connectivity index (χ3n) is 2.79. The van der Waals surface area contributed by atoms with Crippen LogP contribution < -0.4 is 16.0 Å². The van der Waals surface area contributed by atoms with Crippen LogP contribution in [-0.4, -0.2) is 34.6 Å². The Morgan fingerprint density at radius 1 is 1.32 bits per heavy atom. The summed E-state index contributed by atoms with van der Waals surface area (Å²) in [6, 6.07) is 5.93. The molecule has 2 rings (SSSR count). The third kappa shape index (κ3) is 3.38. The highest BCUT2D eigenvalue weighted by molar-refractivity contribution is 5.60. The zero-order chi connectivity index (χ0) is 13.7. The highest BCUT2D eigenvalue weighted by Crippen LogP contribution is 2.21. The van der Waals surface area contributed by atoms with Crippen LogP contribution in [0.15, 0.2) is 36.9 Å². The van der Waals surface area contributed by atoms with E-state index in [0.29, 0.717) is 6.54 Å². The Morgan fingerprint density at radius 2 is 2.05 bits per heavy atom. The van der Waals surface area contributed by atoms with Crippen molar-refractivity contribution < 1.29 is 0 Å². The monoisotopic (exact) mass is 258 g/mol. The lowest BCUT2D eigenvalue weighted by molar-refractivity contribution is 0.797. The molecule has 3 N–H and O–H groups in total. The molecule has 6 heteroatoms. The summed E-state index contributed by atoms with van der Waals surface area (Å²) in [6.45, 7) is 2.56. The van der Waals surface area contributed by atoms with E-state index in [0.717, 1.165) is 17.3 Å². The number of nitrogens with two attached hydrogens (primary N) is 1. The minimum absolute atomic E-state index is 0.175. The molecule has 0 saturated carbocycles. The van der Waals surface area contributed by atoms with E-state index in [-0.39, 0.29) is 6.04 Å². The summed E-state index contributed by atoms with van der Waals surface area (Å²) < 4.78 is 0. The van der Waals surface area contributed by atoms with Gasteiger partial charge in [0.2, 0.25) is 0 Å². The molecule has 2 aromatic heterocycles. The van der Waals surface area contributed by atoms with E-state index in [9.17, 15) is 0 Å². The van der Waals surface area contributed by atoms with Crippen LogP contribution in [0.5, 0.6) is 0 Å². The number of nitrogens with zero attached hydrogens (tertiary/aromatic N) is 4. The van der Waals surface area contributed by atoms with Crippen LogP contribution >= 0.6 is 0 Å². The maximum absolute atomic E-state index is 5.59. The van der Waals surface area contributed by atoms with E-state index < -0.39 is 0 Å². The van der Waals surface area contributed by atoms with Gasteiger partial charge < -0.3 is 16.0 Å². The summed E-state index contributed by atoms with van der Waals surface area (Å²) >= 11 is 0. The van der Waals surface area contributed by atoms with E-state index in [2.05, 4.69) is 20.3 Å². The van der Waals surface area contributed by atoms with Crippen LogP contribution in [-0.2, 0) is 0 Å². The van der Waals surface area contributed by atoms with Gasteiger partial charge in [-0.15, -0.1) is 0 Å². The van der Waals surface area contributed by atoms with Crippen LogP contribution in [0.3, 0.4) is 0 Å². The lowest BCUT2D eigenvalue weighted by atomic mass is 10.3. The van der Waals surface area contributed by atoms with E-state index in [1.54, 1.807) is 18.7 Å². The molecular formula is C13H18N6. The molecule has 100 valence electrons. The molecule has 0 saturated heterocycles. The lowest BCUT2D eigenvalue weighted by Gasteiger charge is -2.19. The zero-order valence-corrected chi connectivity index (χ0v) is 11.1. The number of nitrogens with one attached hydrogen (secondary N) is 1. The number of aromatic nitrogens is 3. The number of rotatable bonds is 5. The molecule has 0 aliphatic heterocycles. The van der Waals surface area contributed by atoms with Gasteiger partial charge in [0.05, 0.1) is 0 Å². The number of hydrogen-bond donors (Lipinski definition) is 2. The zero-order valence-electron chi connectivity index (χ0n) is 11.1. The first-order chi connectivity index (χ1) is 9.20. The Labute approximate surface area is 112 Å². The fraction of sp³-hybridized carbons (Fsp3) is 0.308. The average molecular weight is 258 g/mol. The van der Waals surface area contributed by atoms with Gasteiger partial charge >= 0.3 is 0 Å². The summed E-state index contributed by atoms with van der Waals surface area (Å²) in [7, 11) is 1.95. The molecule has 0 fully saturated rings. The van der Waals surface area contributed by atoms with Crippen LogP contribution in [0.25, 0.3) is 0 Å². The molecule has 0 bridgehead atoms. The van der Waals surface area contributed by atoms with Crippen molar-refractivity contribution in [2.45, 2.75) is 13.0 Å². The van der Waals surface area contributed by atoms with Gasteiger partial charge in [-0.3, -0.25) is 4.98 Å². The molecule has 0 aliphatic carbocycles. The van der Waals surface area contributed by atoms with Crippen molar-refractivity contribution in [1.29, 1.82) is 0 Å². The SMILES string of the molecule is CC(CN)Nc1cc(N(C)c2ccncc2)ncn1. The van der Waals surface area contributed by atoms with Gasteiger partial charge in [0.15, 0.2) is 0 Å². The van der Waals surface area contributed by atoms with Gasteiger partial charge in [-0.25, -0.2) is 9.97 Å². The summed E-state index contributed by atoms with van der Waals surface area (Å²) in [5, 5.41) is 3.22. The summed E-state index contributed by atoms with van der Waals surface area (Å²) in [4.78, 5) is 14.4. The normalized spacial score (nSPS) is 11.9. The van der Waals surface area contributed by atoms with Crippen LogP contribution in [0.2, 0.25) is 0 Å². The molecule has 19 heavy (non-hydrogen) atoms. The second-order valence-corrected chi connectivity index (χ2v) is 4.31. The highest BCUT2D eigenvalue weighted by atomic mass is 15.2. The van der Waals surface area contributed by atoms with E-state index in [1.165, 1.54) is 0 Å². The van der Waals surface area contributed by atoms with Gasteiger partial charge in [-0.2, -0.15) is 0 Å². The summed E-state index contributed by atoms with van der Waals surface area (Å²) in [5.41, 5.74) is 6.61. The number of anilines is 3. The fourth-order valence-electron chi connectivity index (χ4n) is 1.62. The highest BCUT2D eigenvalue weighted by Gasteiger charge is 2.07. The maximum atomic E-state index is 5.59. The Kier molecular flexibility index (Phi) is 4.25. The van der Waals surface area contributed by atoms with Crippen LogP contribution in [0.1, 0.15) is 6.92 Å².